The number of aromatic hydroxyl groups is 1. The summed E-state index contributed by atoms with van der Waals surface area (Å²) in [7, 11) is 0. The third-order valence-corrected chi connectivity index (χ3v) is 2.13. The molecule has 2 aromatic heterocycles. The molecular weight excluding hydrogens is 226 g/mol. The summed E-state index contributed by atoms with van der Waals surface area (Å²) in [5.41, 5.74) is -0.943. The van der Waals surface area contributed by atoms with Crippen molar-refractivity contribution in [3.05, 3.63) is 34.8 Å². The molecular formula is C10H9N3O4. The van der Waals surface area contributed by atoms with E-state index in [0.29, 0.717) is 0 Å². The Kier molecular flexibility index (Phi) is 2.65. The summed E-state index contributed by atoms with van der Waals surface area (Å²) in [5.74, 6) is -1.36. The van der Waals surface area contributed by atoms with Crippen molar-refractivity contribution >= 4 is 17.0 Å². The fraction of sp³-hybridized carbons (Fsp3) is 0.100. The van der Waals surface area contributed by atoms with Crippen LogP contribution in [0.5, 0.6) is 5.75 Å². The van der Waals surface area contributed by atoms with Crippen LogP contribution in [0, 0.1) is 0 Å². The summed E-state index contributed by atoms with van der Waals surface area (Å²) in [6.45, 7) is 3.33. The fourth-order valence-electron chi connectivity index (χ4n) is 1.38. The summed E-state index contributed by atoms with van der Waals surface area (Å²) in [6.07, 6.45) is 2.66. The molecule has 2 rings (SSSR count). The Bertz CT molecular complexity index is 641. The van der Waals surface area contributed by atoms with Crippen LogP contribution in [0.1, 0.15) is 10.4 Å². The lowest BCUT2D eigenvalue weighted by molar-refractivity contribution is 0.0544. The van der Waals surface area contributed by atoms with Gasteiger partial charge >= 0.3 is 5.97 Å². The molecule has 0 aromatic carbocycles. The van der Waals surface area contributed by atoms with Crippen LogP contribution in [0.2, 0.25) is 0 Å². The van der Waals surface area contributed by atoms with Crippen LogP contribution < -0.4 is 5.56 Å². The van der Waals surface area contributed by atoms with Crippen LogP contribution in [0.25, 0.3) is 11.0 Å². The van der Waals surface area contributed by atoms with Gasteiger partial charge in [0.25, 0.3) is 5.56 Å². The molecule has 0 spiro atoms. The first kappa shape index (κ1) is 10.9. The van der Waals surface area contributed by atoms with Gasteiger partial charge in [-0.25, -0.2) is 4.79 Å². The number of hydrogen-bond donors (Lipinski definition) is 3. The predicted octanol–water partition coefficient (Wildman–Crippen LogP) is 0.300. The molecule has 0 bridgehead atoms. The number of hydrogen-bond acceptors (Lipinski definition) is 5. The van der Waals surface area contributed by atoms with Crippen molar-refractivity contribution in [1.29, 1.82) is 0 Å². The van der Waals surface area contributed by atoms with Gasteiger partial charge in [-0.2, -0.15) is 5.10 Å². The van der Waals surface area contributed by atoms with Gasteiger partial charge in [-0.05, 0) is 0 Å². The van der Waals surface area contributed by atoms with E-state index in [9.17, 15) is 14.7 Å². The summed E-state index contributed by atoms with van der Waals surface area (Å²) in [6, 6.07) is 0. The van der Waals surface area contributed by atoms with Gasteiger partial charge < -0.3 is 14.8 Å². The Hall–Kier alpha value is -2.57. The summed E-state index contributed by atoms with van der Waals surface area (Å²) in [5, 5.41) is 16.1. The number of pyridine rings is 1. The molecule has 7 heteroatoms. The van der Waals surface area contributed by atoms with Crippen LogP contribution in [-0.4, -0.2) is 32.9 Å². The molecule has 0 aliphatic heterocycles. The number of fused-ring (bicyclic) bond motifs is 1. The molecule has 88 valence electrons. The van der Waals surface area contributed by atoms with Gasteiger partial charge in [0.05, 0.1) is 11.6 Å². The Morgan fingerprint density at radius 1 is 1.65 bits per heavy atom. The first-order valence-corrected chi connectivity index (χ1v) is 4.71. The third kappa shape index (κ3) is 1.78. The zero-order valence-electron chi connectivity index (χ0n) is 8.69. The second kappa shape index (κ2) is 4.12. The summed E-state index contributed by atoms with van der Waals surface area (Å²) in [4.78, 5) is 25.5. The molecule has 7 nitrogen and oxygen atoms in total. The number of rotatable bonds is 3. The minimum Gasteiger partial charge on any atom is -0.506 e. The molecule has 0 atom stereocenters. The Labute approximate surface area is 94.7 Å². The van der Waals surface area contributed by atoms with Crippen molar-refractivity contribution in [3.63, 3.8) is 0 Å². The van der Waals surface area contributed by atoms with E-state index in [4.69, 9.17) is 4.74 Å². The number of aromatic nitrogens is 3. The maximum atomic E-state index is 11.6. The quantitative estimate of drug-likeness (QED) is 0.523. The van der Waals surface area contributed by atoms with Gasteiger partial charge in [0.15, 0.2) is 5.56 Å². The molecule has 0 fully saturated rings. The van der Waals surface area contributed by atoms with Crippen LogP contribution in [0.3, 0.4) is 0 Å². The van der Waals surface area contributed by atoms with E-state index in [1.165, 1.54) is 12.3 Å². The molecule has 0 aliphatic carbocycles. The van der Waals surface area contributed by atoms with Crippen LogP contribution in [-0.2, 0) is 4.74 Å². The number of nitrogens with one attached hydrogen (secondary N) is 2. The predicted molar refractivity (Wildman–Crippen MR) is 58.9 cm³/mol. The number of nitrogens with zero attached hydrogens (tertiary/aromatic N) is 1. The lowest BCUT2D eigenvalue weighted by Crippen LogP contribution is -2.20. The second-order valence-electron chi connectivity index (χ2n) is 3.22. The van der Waals surface area contributed by atoms with Crippen molar-refractivity contribution in [2.45, 2.75) is 0 Å². The second-order valence-corrected chi connectivity index (χ2v) is 3.22. The smallest absolute Gasteiger partial charge is 0.347 e. The first-order chi connectivity index (χ1) is 8.15. The van der Waals surface area contributed by atoms with Gasteiger partial charge in [-0.15, -0.1) is 0 Å². The van der Waals surface area contributed by atoms with Crippen LogP contribution in [0.15, 0.2) is 23.6 Å². The normalized spacial score (nSPS) is 10.4. The zero-order valence-corrected chi connectivity index (χ0v) is 8.69. The average molecular weight is 235 g/mol. The van der Waals surface area contributed by atoms with Crippen molar-refractivity contribution in [3.8, 4) is 5.75 Å². The maximum Gasteiger partial charge on any atom is 0.347 e. The maximum absolute atomic E-state index is 11.6. The molecule has 0 amide bonds. The lowest BCUT2D eigenvalue weighted by Gasteiger charge is -2.03. The SMILES string of the molecule is C=CCOC(=O)c1c(O)c2cn[nH]c2[nH]c1=O. The highest BCUT2D eigenvalue weighted by molar-refractivity contribution is 5.98. The molecule has 0 saturated carbocycles. The Morgan fingerprint density at radius 3 is 3.12 bits per heavy atom. The highest BCUT2D eigenvalue weighted by Gasteiger charge is 2.20. The van der Waals surface area contributed by atoms with Crippen molar-refractivity contribution in [1.82, 2.24) is 15.2 Å². The van der Waals surface area contributed by atoms with Gasteiger partial charge in [-0.1, -0.05) is 12.7 Å². The lowest BCUT2D eigenvalue weighted by atomic mass is 10.2. The van der Waals surface area contributed by atoms with Gasteiger partial charge in [0, 0.05) is 0 Å². The van der Waals surface area contributed by atoms with E-state index >= 15 is 0 Å². The molecule has 0 unspecified atom stereocenters. The number of ether oxygens (including phenoxy) is 1. The molecule has 2 heterocycles. The standard InChI is InChI=1S/C10H9N3O4/c1-2-3-17-10(16)6-7(14)5-4-11-13-8(5)12-9(6)15/h2,4H,1,3H2,(H3,11,12,13,14,15). The van der Waals surface area contributed by atoms with E-state index in [1.807, 2.05) is 0 Å². The number of carbonyl (C=O) groups excluding carboxylic acids is 1. The van der Waals surface area contributed by atoms with Gasteiger partial charge in [0.1, 0.15) is 18.0 Å². The summed E-state index contributed by atoms with van der Waals surface area (Å²) < 4.78 is 4.70. The molecule has 0 aliphatic rings. The van der Waals surface area contributed by atoms with E-state index in [-0.39, 0.29) is 17.6 Å². The highest BCUT2D eigenvalue weighted by atomic mass is 16.5. The fourth-order valence-corrected chi connectivity index (χ4v) is 1.38. The largest absolute Gasteiger partial charge is 0.506 e. The Balaban J connectivity index is 2.56. The zero-order chi connectivity index (χ0) is 12.4. The molecule has 17 heavy (non-hydrogen) atoms. The summed E-state index contributed by atoms with van der Waals surface area (Å²) >= 11 is 0. The average Bonchev–Trinajstić information content (AvgIpc) is 2.74. The first-order valence-electron chi connectivity index (χ1n) is 4.71. The van der Waals surface area contributed by atoms with E-state index < -0.39 is 22.8 Å². The highest BCUT2D eigenvalue weighted by Crippen LogP contribution is 2.23. The molecule has 3 N–H and O–H groups in total. The third-order valence-electron chi connectivity index (χ3n) is 2.13. The van der Waals surface area contributed by atoms with E-state index in [0.717, 1.165) is 0 Å². The number of carbonyl (C=O) groups is 1. The monoisotopic (exact) mass is 235 g/mol. The minimum atomic E-state index is -0.910. The number of esters is 1. The van der Waals surface area contributed by atoms with Crippen LogP contribution in [0.4, 0.5) is 0 Å². The number of H-pyrrole nitrogens is 2. The molecule has 2 aromatic rings. The van der Waals surface area contributed by atoms with E-state index in [1.54, 1.807) is 0 Å². The van der Waals surface area contributed by atoms with Crippen molar-refractivity contribution in [2.75, 3.05) is 6.61 Å². The van der Waals surface area contributed by atoms with E-state index in [2.05, 4.69) is 21.8 Å². The van der Waals surface area contributed by atoms with Crippen molar-refractivity contribution in [2.24, 2.45) is 0 Å². The van der Waals surface area contributed by atoms with Gasteiger partial charge in [-0.3, -0.25) is 9.89 Å². The van der Waals surface area contributed by atoms with Crippen molar-refractivity contribution < 1.29 is 14.6 Å². The topological polar surface area (TPSA) is 108 Å². The van der Waals surface area contributed by atoms with Crippen LogP contribution >= 0.6 is 0 Å². The number of aromatic amines is 2. The molecule has 0 saturated heterocycles. The minimum absolute atomic E-state index is 0.0405. The Morgan fingerprint density at radius 2 is 2.41 bits per heavy atom. The molecule has 0 radical (unpaired) electrons. The van der Waals surface area contributed by atoms with Gasteiger partial charge in [0.2, 0.25) is 0 Å².